The first-order valence-electron chi connectivity index (χ1n) is 28.6. The summed E-state index contributed by atoms with van der Waals surface area (Å²) in [6, 6.07) is 11.5. The van der Waals surface area contributed by atoms with Gasteiger partial charge < -0.3 is 52.5 Å². The predicted octanol–water partition coefficient (Wildman–Crippen LogP) is 13.6. The van der Waals surface area contributed by atoms with Crippen LogP contribution in [0.3, 0.4) is 0 Å². The maximum atomic E-state index is 13.4. The van der Waals surface area contributed by atoms with E-state index in [1.165, 1.54) is 146 Å². The standard InChI is InChI=1S/C57H98FN2O14P/c1-4-7-9-11-13-15-17-19-21-23-25-51-45-52(26-24-22-20-18-16-14-12-10-8-5-2)47-53(46-51)49-72-55-27-28-56(60(62)63)54(48-55)50-73-57(61)59-29-30-65-31-32-66-33-34-67-35-36-68-37-38-69-39-40-70-41-42-71-43-44-75(58,64)74-6-3/h27-28,45-48H,4-26,29-44,49-50H2,1-3H3,(H,59,61). The maximum absolute atomic E-state index is 13.4. The van der Waals surface area contributed by atoms with Crippen LogP contribution in [0.1, 0.15) is 171 Å². The number of carbonyl (C=O) groups excluding carboxylic acids is 1. The summed E-state index contributed by atoms with van der Waals surface area (Å²) in [5.41, 5.74) is 3.87. The molecule has 1 amide bonds. The van der Waals surface area contributed by atoms with E-state index in [1.54, 1.807) is 19.1 Å². The van der Waals surface area contributed by atoms with E-state index < -0.39 is 18.7 Å². The van der Waals surface area contributed by atoms with Crippen molar-refractivity contribution < 1.29 is 65.6 Å². The lowest BCUT2D eigenvalue weighted by Crippen LogP contribution is -2.28. The second-order valence-electron chi connectivity index (χ2n) is 18.9. The van der Waals surface area contributed by atoms with Crippen molar-refractivity contribution in [1.82, 2.24) is 5.32 Å². The highest BCUT2D eigenvalue weighted by Gasteiger charge is 2.21. The number of unbranched alkanes of at least 4 members (excludes halogenated alkanes) is 18. The van der Waals surface area contributed by atoms with Crippen molar-refractivity contribution in [3.05, 3.63) is 68.8 Å². The molecule has 0 spiro atoms. The van der Waals surface area contributed by atoms with Crippen molar-refractivity contribution in [2.45, 2.75) is 175 Å². The van der Waals surface area contributed by atoms with Gasteiger partial charge in [0.1, 0.15) is 19.0 Å². The van der Waals surface area contributed by atoms with Crippen molar-refractivity contribution in [2.75, 3.05) is 112 Å². The summed E-state index contributed by atoms with van der Waals surface area (Å²) in [5, 5.41) is 14.5. The minimum absolute atomic E-state index is 0.00447. The van der Waals surface area contributed by atoms with Crippen molar-refractivity contribution in [1.29, 1.82) is 0 Å². The molecule has 0 aromatic heterocycles. The van der Waals surface area contributed by atoms with Gasteiger partial charge in [-0.05, 0) is 61.4 Å². The molecule has 1 unspecified atom stereocenters. The van der Waals surface area contributed by atoms with Crippen molar-refractivity contribution in [3.63, 3.8) is 0 Å². The highest BCUT2D eigenvalue weighted by atomic mass is 31.2. The van der Waals surface area contributed by atoms with Gasteiger partial charge in [0.15, 0.2) is 0 Å². The lowest BCUT2D eigenvalue weighted by Gasteiger charge is -2.13. The Labute approximate surface area is 450 Å². The molecule has 432 valence electrons. The number of hydrogen-bond donors (Lipinski definition) is 1. The summed E-state index contributed by atoms with van der Waals surface area (Å²) in [7, 11) is -4.06. The number of nitro groups is 1. The molecular formula is C57H98FN2O14P. The molecule has 0 radical (unpaired) electrons. The van der Waals surface area contributed by atoms with Gasteiger partial charge >= 0.3 is 13.8 Å². The van der Waals surface area contributed by atoms with Gasteiger partial charge in [0.05, 0.1) is 116 Å². The zero-order valence-electron chi connectivity index (χ0n) is 46.4. The maximum Gasteiger partial charge on any atom is 0.407 e. The number of halogens is 1. The molecule has 2 rings (SSSR count). The van der Waals surface area contributed by atoms with Crippen LogP contribution in [0.5, 0.6) is 5.75 Å². The monoisotopic (exact) mass is 1080 g/mol. The van der Waals surface area contributed by atoms with Crippen LogP contribution in [0.25, 0.3) is 0 Å². The highest BCUT2D eigenvalue weighted by Crippen LogP contribution is 2.47. The minimum Gasteiger partial charge on any atom is -0.489 e. The zero-order valence-corrected chi connectivity index (χ0v) is 47.3. The molecule has 75 heavy (non-hydrogen) atoms. The predicted molar refractivity (Wildman–Crippen MR) is 294 cm³/mol. The average Bonchev–Trinajstić information content (AvgIpc) is 3.39. The molecule has 0 bridgehead atoms. The van der Waals surface area contributed by atoms with Crippen LogP contribution < -0.4 is 10.1 Å². The fourth-order valence-corrected chi connectivity index (χ4v) is 9.09. The highest BCUT2D eigenvalue weighted by molar-refractivity contribution is 7.53. The van der Waals surface area contributed by atoms with E-state index in [0.717, 1.165) is 18.4 Å². The van der Waals surface area contributed by atoms with Crippen LogP contribution in [0, 0.1) is 10.1 Å². The fourth-order valence-electron chi connectivity index (χ4n) is 8.23. The molecule has 0 aliphatic carbocycles. The summed E-state index contributed by atoms with van der Waals surface area (Å²) >= 11 is 0. The van der Waals surface area contributed by atoms with Crippen LogP contribution >= 0.6 is 7.68 Å². The van der Waals surface area contributed by atoms with E-state index in [1.807, 2.05) is 0 Å². The summed E-state index contributed by atoms with van der Waals surface area (Å²) in [6.45, 7) is 11.1. The molecule has 0 fully saturated rings. The summed E-state index contributed by atoms with van der Waals surface area (Å²) in [6.07, 6.45) is 27.3. The fraction of sp³-hybridized carbons (Fsp3) is 0.772. The van der Waals surface area contributed by atoms with Gasteiger partial charge in [-0.25, -0.2) is 4.79 Å². The van der Waals surface area contributed by atoms with Crippen LogP contribution in [0.2, 0.25) is 0 Å². The van der Waals surface area contributed by atoms with Crippen LogP contribution in [-0.4, -0.2) is 123 Å². The third kappa shape index (κ3) is 39.7. The van der Waals surface area contributed by atoms with Gasteiger partial charge in [0.25, 0.3) is 5.69 Å². The second-order valence-corrected chi connectivity index (χ2v) is 20.8. The summed E-state index contributed by atoms with van der Waals surface area (Å²) in [5.74, 6) is 0.471. The van der Waals surface area contributed by atoms with Gasteiger partial charge in [-0.15, -0.1) is 0 Å². The Hall–Kier alpha value is -3.25. The smallest absolute Gasteiger partial charge is 0.407 e. The van der Waals surface area contributed by atoms with E-state index in [2.05, 4.69) is 41.9 Å². The van der Waals surface area contributed by atoms with E-state index in [0.29, 0.717) is 85.0 Å². The number of hydrogen-bond acceptors (Lipinski definition) is 14. The molecule has 2 aromatic carbocycles. The SMILES string of the molecule is CCCCCCCCCCCCc1cc(CCCCCCCCCCCC)cc(COc2ccc([N+](=O)[O-])c(COC(=O)NCCOCCOCCOCCOCCOCCOCCOCCP(=O)(F)OCC)c2)c1. The molecule has 2 aromatic rings. The molecule has 0 saturated carbocycles. The molecule has 0 aliphatic rings. The second kappa shape index (κ2) is 47.9. The summed E-state index contributed by atoms with van der Waals surface area (Å²) in [4.78, 5) is 23.9. The number of rotatable bonds is 54. The van der Waals surface area contributed by atoms with Gasteiger partial charge in [-0.3, -0.25) is 14.7 Å². The average molecular weight is 1090 g/mol. The van der Waals surface area contributed by atoms with Crippen molar-refractivity contribution in [2.24, 2.45) is 0 Å². The molecule has 0 heterocycles. The largest absolute Gasteiger partial charge is 0.489 e. The van der Waals surface area contributed by atoms with Crippen LogP contribution in [0.4, 0.5) is 14.7 Å². The van der Waals surface area contributed by atoms with Gasteiger partial charge in [-0.2, -0.15) is 4.20 Å². The molecule has 0 aliphatic heterocycles. The molecule has 1 N–H and O–H groups in total. The number of ether oxygens (including phenoxy) is 9. The number of aryl methyl sites for hydroxylation is 2. The topological polar surface area (TPSA) is 182 Å². The number of nitrogens with one attached hydrogen (secondary N) is 1. The Morgan fingerprint density at radius 1 is 0.533 bits per heavy atom. The number of alkyl carbamates (subject to hydrolysis) is 1. The number of nitro benzene ring substituents is 1. The van der Waals surface area contributed by atoms with Crippen LogP contribution in [0.15, 0.2) is 36.4 Å². The molecule has 16 nitrogen and oxygen atoms in total. The first-order chi connectivity index (χ1) is 36.7. The van der Waals surface area contributed by atoms with E-state index in [9.17, 15) is 23.7 Å². The summed E-state index contributed by atoms with van der Waals surface area (Å²) < 4.78 is 78.9. The Morgan fingerprint density at radius 2 is 0.933 bits per heavy atom. The van der Waals surface area contributed by atoms with Gasteiger partial charge in [-0.1, -0.05) is 148 Å². The Bertz CT molecular complexity index is 1700. The lowest BCUT2D eigenvalue weighted by atomic mass is 9.97. The van der Waals surface area contributed by atoms with E-state index in [4.69, 9.17) is 42.6 Å². The van der Waals surface area contributed by atoms with Crippen molar-refractivity contribution >= 4 is 19.5 Å². The first-order valence-corrected chi connectivity index (χ1v) is 30.3. The Morgan fingerprint density at radius 3 is 1.36 bits per heavy atom. The van der Waals surface area contributed by atoms with E-state index >= 15 is 0 Å². The number of nitrogens with zero attached hydrogens (tertiary/aromatic N) is 1. The first kappa shape index (κ1) is 67.9. The Balaban J connectivity index is 1.62. The minimum atomic E-state index is -4.06. The number of amides is 1. The molecule has 1 atom stereocenters. The number of carbonyl (C=O) groups is 1. The quantitative estimate of drug-likeness (QED) is 0.0286. The van der Waals surface area contributed by atoms with Gasteiger partial charge in [0, 0.05) is 12.6 Å². The van der Waals surface area contributed by atoms with Crippen LogP contribution in [-0.2, 0) is 73.0 Å². The molecular weight excluding hydrogens is 987 g/mol. The normalized spacial score (nSPS) is 12.3. The van der Waals surface area contributed by atoms with Crippen molar-refractivity contribution in [3.8, 4) is 5.75 Å². The number of benzene rings is 2. The third-order valence-corrected chi connectivity index (χ3v) is 13.7. The molecule has 18 heteroatoms. The lowest BCUT2D eigenvalue weighted by molar-refractivity contribution is -0.385. The third-order valence-electron chi connectivity index (χ3n) is 12.3. The zero-order chi connectivity index (χ0) is 54.1. The molecule has 0 saturated heterocycles. The van der Waals surface area contributed by atoms with E-state index in [-0.39, 0.29) is 57.0 Å². The Kier molecular flexibility index (Phi) is 43.4. The van der Waals surface area contributed by atoms with Gasteiger partial charge in [0.2, 0.25) is 0 Å².